The van der Waals surface area contributed by atoms with Crippen LogP contribution >= 0.6 is 0 Å². The van der Waals surface area contributed by atoms with Gasteiger partial charge >= 0.3 is 5.69 Å². The molecule has 0 radical (unpaired) electrons. The fourth-order valence-electron chi connectivity index (χ4n) is 1.76. The second kappa shape index (κ2) is 5.84. The molecule has 1 rings (SSSR count). The van der Waals surface area contributed by atoms with E-state index in [0.717, 1.165) is 19.3 Å². The minimum absolute atomic E-state index is 0.150. The molecule has 0 aromatic carbocycles. The van der Waals surface area contributed by atoms with Gasteiger partial charge in [0, 0.05) is 6.54 Å². The molecule has 5 heteroatoms. The van der Waals surface area contributed by atoms with Gasteiger partial charge in [-0.2, -0.15) is 5.10 Å². The summed E-state index contributed by atoms with van der Waals surface area (Å²) in [5.41, 5.74) is 5.89. The number of rotatable bonds is 6. The molecular formula is C11H22N4O. The molecule has 16 heavy (non-hydrogen) atoms. The molecule has 92 valence electrons. The Kier molecular flexibility index (Phi) is 4.73. The zero-order valence-electron chi connectivity index (χ0n) is 10.4. The van der Waals surface area contributed by atoms with Crippen LogP contribution in [0.3, 0.4) is 0 Å². The van der Waals surface area contributed by atoms with Crippen molar-refractivity contribution in [3.8, 4) is 0 Å². The number of hydrogen-bond acceptors (Lipinski definition) is 3. The second-order valence-corrected chi connectivity index (χ2v) is 4.63. The SMILES string of the molecule is CCCCn1c([C@@H](N)CC(C)C)n[nH]c1=O. The van der Waals surface area contributed by atoms with E-state index in [-0.39, 0.29) is 11.7 Å². The molecule has 0 aliphatic carbocycles. The third kappa shape index (κ3) is 3.20. The van der Waals surface area contributed by atoms with Crippen LogP contribution in [0.4, 0.5) is 0 Å². The van der Waals surface area contributed by atoms with Crippen LogP contribution in [0, 0.1) is 5.92 Å². The lowest BCUT2D eigenvalue weighted by Gasteiger charge is -2.14. The predicted molar refractivity (Wildman–Crippen MR) is 64.1 cm³/mol. The van der Waals surface area contributed by atoms with Crippen LogP contribution in [-0.2, 0) is 6.54 Å². The van der Waals surface area contributed by atoms with E-state index in [1.165, 1.54) is 0 Å². The Labute approximate surface area is 96.0 Å². The Morgan fingerprint density at radius 1 is 1.50 bits per heavy atom. The molecule has 0 saturated carbocycles. The van der Waals surface area contributed by atoms with E-state index < -0.39 is 0 Å². The molecule has 0 bridgehead atoms. The number of H-pyrrole nitrogens is 1. The van der Waals surface area contributed by atoms with Crippen LogP contribution < -0.4 is 11.4 Å². The van der Waals surface area contributed by atoms with Crippen molar-refractivity contribution < 1.29 is 0 Å². The average Bonchev–Trinajstić information content (AvgIpc) is 2.56. The summed E-state index contributed by atoms with van der Waals surface area (Å²) in [5.74, 6) is 1.19. The van der Waals surface area contributed by atoms with Crippen LogP contribution in [-0.4, -0.2) is 14.8 Å². The standard InChI is InChI=1S/C11H22N4O/c1-4-5-6-15-10(13-14-11(15)16)9(12)7-8(2)3/h8-9H,4-7,12H2,1-3H3,(H,14,16)/t9-/m0/s1. The fraction of sp³-hybridized carbons (Fsp3) is 0.818. The van der Waals surface area contributed by atoms with Gasteiger partial charge in [0.1, 0.15) is 5.82 Å². The van der Waals surface area contributed by atoms with Gasteiger partial charge in [-0.15, -0.1) is 0 Å². The Bertz CT molecular complexity index is 366. The van der Waals surface area contributed by atoms with Crippen LogP contribution in [0.25, 0.3) is 0 Å². The van der Waals surface area contributed by atoms with Gasteiger partial charge in [0.2, 0.25) is 0 Å². The smallest absolute Gasteiger partial charge is 0.321 e. The molecular weight excluding hydrogens is 204 g/mol. The van der Waals surface area contributed by atoms with E-state index in [4.69, 9.17) is 5.73 Å². The highest BCUT2D eigenvalue weighted by Crippen LogP contribution is 2.15. The van der Waals surface area contributed by atoms with Crippen LogP contribution in [0.5, 0.6) is 0 Å². The monoisotopic (exact) mass is 226 g/mol. The third-order valence-corrected chi connectivity index (χ3v) is 2.58. The lowest BCUT2D eigenvalue weighted by molar-refractivity contribution is 0.466. The van der Waals surface area contributed by atoms with Crippen LogP contribution in [0.1, 0.15) is 51.9 Å². The number of hydrogen-bond donors (Lipinski definition) is 2. The predicted octanol–water partition coefficient (Wildman–Crippen LogP) is 1.42. The van der Waals surface area contributed by atoms with Crippen molar-refractivity contribution in [2.24, 2.45) is 11.7 Å². The first kappa shape index (κ1) is 13.0. The molecule has 1 aromatic rings. The summed E-state index contributed by atoms with van der Waals surface area (Å²) in [6.45, 7) is 7.02. The second-order valence-electron chi connectivity index (χ2n) is 4.63. The Morgan fingerprint density at radius 2 is 2.19 bits per heavy atom. The molecule has 0 fully saturated rings. The summed E-state index contributed by atoms with van der Waals surface area (Å²) in [6.07, 6.45) is 2.87. The summed E-state index contributed by atoms with van der Waals surface area (Å²) in [4.78, 5) is 11.5. The van der Waals surface area contributed by atoms with Gasteiger partial charge in [-0.05, 0) is 18.8 Å². The van der Waals surface area contributed by atoms with Crippen molar-refractivity contribution in [2.75, 3.05) is 0 Å². The largest absolute Gasteiger partial charge is 0.343 e. The number of unbranched alkanes of at least 4 members (excludes halogenated alkanes) is 1. The van der Waals surface area contributed by atoms with E-state index in [2.05, 4.69) is 31.0 Å². The Balaban J connectivity index is 2.82. The van der Waals surface area contributed by atoms with Gasteiger partial charge in [-0.1, -0.05) is 27.2 Å². The number of nitrogens with two attached hydrogens (primary N) is 1. The zero-order valence-corrected chi connectivity index (χ0v) is 10.4. The molecule has 0 unspecified atom stereocenters. The molecule has 1 heterocycles. The maximum Gasteiger partial charge on any atom is 0.343 e. The van der Waals surface area contributed by atoms with Crippen LogP contribution in [0.2, 0.25) is 0 Å². The zero-order chi connectivity index (χ0) is 12.1. The minimum atomic E-state index is -0.157. The summed E-state index contributed by atoms with van der Waals surface area (Å²) in [5, 5.41) is 6.50. The molecule has 0 aliphatic rings. The fourth-order valence-corrected chi connectivity index (χ4v) is 1.76. The molecule has 0 saturated heterocycles. The van der Waals surface area contributed by atoms with Gasteiger partial charge in [0.15, 0.2) is 0 Å². The Hall–Kier alpha value is -1.10. The normalized spacial score (nSPS) is 13.3. The van der Waals surface area contributed by atoms with Crippen molar-refractivity contribution in [3.63, 3.8) is 0 Å². The quantitative estimate of drug-likeness (QED) is 0.770. The van der Waals surface area contributed by atoms with Gasteiger partial charge in [0.05, 0.1) is 6.04 Å². The lowest BCUT2D eigenvalue weighted by atomic mass is 10.0. The van der Waals surface area contributed by atoms with Crippen molar-refractivity contribution in [1.29, 1.82) is 0 Å². The molecule has 0 amide bonds. The van der Waals surface area contributed by atoms with E-state index in [1.807, 2.05) is 0 Å². The highest BCUT2D eigenvalue weighted by atomic mass is 16.1. The molecule has 1 aromatic heterocycles. The van der Waals surface area contributed by atoms with E-state index in [0.29, 0.717) is 18.3 Å². The maximum absolute atomic E-state index is 11.5. The molecule has 0 aliphatic heterocycles. The first-order valence-corrected chi connectivity index (χ1v) is 5.97. The third-order valence-electron chi connectivity index (χ3n) is 2.58. The molecule has 3 N–H and O–H groups in total. The van der Waals surface area contributed by atoms with Gasteiger partial charge in [0.25, 0.3) is 0 Å². The van der Waals surface area contributed by atoms with Crippen molar-refractivity contribution in [1.82, 2.24) is 14.8 Å². The maximum atomic E-state index is 11.5. The van der Waals surface area contributed by atoms with Gasteiger partial charge in [-0.25, -0.2) is 9.89 Å². The molecule has 5 nitrogen and oxygen atoms in total. The summed E-state index contributed by atoms with van der Waals surface area (Å²) < 4.78 is 1.66. The first-order valence-electron chi connectivity index (χ1n) is 5.97. The van der Waals surface area contributed by atoms with Crippen molar-refractivity contribution in [2.45, 2.75) is 52.6 Å². The number of aromatic nitrogens is 3. The topological polar surface area (TPSA) is 76.7 Å². The Morgan fingerprint density at radius 3 is 2.75 bits per heavy atom. The van der Waals surface area contributed by atoms with E-state index in [9.17, 15) is 4.79 Å². The summed E-state index contributed by atoms with van der Waals surface area (Å²) in [7, 11) is 0. The minimum Gasteiger partial charge on any atom is -0.321 e. The number of nitrogens with zero attached hydrogens (tertiary/aromatic N) is 2. The van der Waals surface area contributed by atoms with Crippen LogP contribution in [0.15, 0.2) is 4.79 Å². The molecule has 0 spiro atoms. The number of nitrogens with one attached hydrogen (secondary N) is 1. The average molecular weight is 226 g/mol. The summed E-state index contributed by atoms with van der Waals surface area (Å²) >= 11 is 0. The lowest BCUT2D eigenvalue weighted by Crippen LogP contribution is -2.24. The molecule has 1 atom stereocenters. The highest BCUT2D eigenvalue weighted by Gasteiger charge is 2.16. The van der Waals surface area contributed by atoms with E-state index in [1.54, 1.807) is 4.57 Å². The van der Waals surface area contributed by atoms with Crippen molar-refractivity contribution in [3.05, 3.63) is 16.3 Å². The van der Waals surface area contributed by atoms with Crippen molar-refractivity contribution >= 4 is 0 Å². The van der Waals surface area contributed by atoms with Gasteiger partial charge < -0.3 is 5.73 Å². The first-order chi connectivity index (χ1) is 7.56. The summed E-state index contributed by atoms with van der Waals surface area (Å²) in [6, 6.07) is -0.157. The van der Waals surface area contributed by atoms with Gasteiger partial charge in [-0.3, -0.25) is 4.57 Å². The van der Waals surface area contributed by atoms with E-state index >= 15 is 0 Å². The highest BCUT2D eigenvalue weighted by molar-refractivity contribution is 4.94. The number of aromatic amines is 1.